The van der Waals surface area contributed by atoms with E-state index in [2.05, 4.69) is 0 Å². The van der Waals surface area contributed by atoms with Crippen molar-refractivity contribution in [3.8, 4) is 0 Å². The largest absolute Gasteiger partial charge is 0.616 e. The SMILES string of the molecule is C[S+]([O-])CC(C[O])[S+](C)[O-]. The first-order chi connectivity index (χ1) is 4.57. The number of hydrogen-bond acceptors (Lipinski definition) is 2. The van der Waals surface area contributed by atoms with Gasteiger partial charge in [0.05, 0.1) is 12.5 Å². The van der Waals surface area contributed by atoms with Crippen molar-refractivity contribution >= 4 is 22.4 Å². The summed E-state index contributed by atoms with van der Waals surface area (Å²) in [5.41, 5.74) is 0. The van der Waals surface area contributed by atoms with Gasteiger partial charge in [0, 0.05) is 0 Å². The van der Waals surface area contributed by atoms with E-state index >= 15 is 0 Å². The van der Waals surface area contributed by atoms with Crippen molar-refractivity contribution in [3.05, 3.63) is 0 Å². The maximum absolute atomic E-state index is 10.7. The quantitative estimate of drug-likeness (QED) is 0.554. The normalized spacial score (nSPS) is 20.1. The zero-order valence-corrected chi connectivity index (χ0v) is 7.67. The van der Waals surface area contributed by atoms with Crippen LogP contribution in [0.3, 0.4) is 0 Å². The van der Waals surface area contributed by atoms with E-state index in [0.717, 1.165) is 0 Å². The van der Waals surface area contributed by atoms with Crippen LogP contribution in [0.2, 0.25) is 0 Å². The van der Waals surface area contributed by atoms with Gasteiger partial charge in [-0.2, -0.15) is 0 Å². The van der Waals surface area contributed by atoms with Crippen molar-refractivity contribution < 1.29 is 14.2 Å². The minimum atomic E-state index is -1.13. The fourth-order valence-corrected chi connectivity index (χ4v) is 2.65. The monoisotopic (exact) mass is 183 g/mol. The van der Waals surface area contributed by atoms with Crippen LogP contribution in [0.5, 0.6) is 0 Å². The molecule has 3 nitrogen and oxygen atoms in total. The second kappa shape index (κ2) is 5.26. The molecule has 0 spiro atoms. The molecule has 0 bridgehead atoms. The van der Waals surface area contributed by atoms with Crippen molar-refractivity contribution in [1.82, 2.24) is 0 Å². The first kappa shape index (κ1) is 10.6. The number of rotatable bonds is 4. The summed E-state index contributed by atoms with van der Waals surface area (Å²) in [5, 5.41) is 9.84. The Hall–Kier alpha value is 0.580. The summed E-state index contributed by atoms with van der Waals surface area (Å²) in [6.07, 6.45) is 2.98. The molecule has 0 aliphatic carbocycles. The molecule has 0 aliphatic heterocycles. The molecule has 0 aromatic carbocycles. The Balaban J connectivity index is 3.60. The fraction of sp³-hybridized carbons (Fsp3) is 1.00. The lowest BCUT2D eigenvalue weighted by Crippen LogP contribution is -2.31. The van der Waals surface area contributed by atoms with Crippen LogP contribution < -0.4 is 0 Å². The Labute approximate surface area is 67.2 Å². The Morgan fingerprint density at radius 2 is 1.90 bits per heavy atom. The lowest BCUT2D eigenvalue weighted by atomic mass is 10.5. The Kier molecular flexibility index (Phi) is 5.56. The summed E-state index contributed by atoms with van der Waals surface area (Å²) in [6, 6.07) is 0. The van der Waals surface area contributed by atoms with Gasteiger partial charge in [0.25, 0.3) is 0 Å². The van der Waals surface area contributed by atoms with Crippen LogP contribution in [0, 0.1) is 0 Å². The lowest BCUT2D eigenvalue weighted by Gasteiger charge is -2.15. The van der Waals surface area contributed by atoms with Crippen LogP contribution in [0.15, 0.2) is 0 Å². The minimum absolute atomic E-state index is 0.257. The van der Waals surface area contributed by atoms with Gasteiger partial charge in [-0.15, -0.1) is 0 Å². The summed E-state index contributed by atoms with van der Waals surface area (Å²) >= 11 is -2.14. The average molecular weight is 183 g/mol. The fourth-order valence-electron chi connectivity index (χ4n) is 0.502. The molecule has 0 rings (SSSR count). The van der Waals surface area contributed by atoms with Gasteiger partial charge in [0.2, 0.25) is 0 Å². The van der Waals surface area contributed by atoms with Gasteiger partial charge in [-0.05, 0) is 11.2 Å². The molecule has 10 heavy (non-hydrogen) atoms. The van der Waals surface area contributed by atoms with E-state index in [-0.39, 0.29) is 5.75 Å². The highest BCUT2D eigenvalue weighted by Gasteiger charge is 2.22. The van der Waals surface area contributed by atoms with Crippen molar-refractivity contribution in [3.63, 3.8) is 0 Å². The summed E-state index contributed by atoms with van der Waals surface area (Å²) in [6.45, 7) is -0.400. The van der Waals surface area contributed by atoms with E-state index in [1.807, 2.05) is 0 Å². The van der Waals surface area contributed by atoms with Gasteiger partial charge in [-0.3, -0.25) is 0 Å². The topological polar surface area (TPSA) is 66.0 Å². The molecule has 0 aliphatic rings. The first-order valence-electron chi connectivity index (χ1n) is 2.78. The molecular formula is C5H11O3S2. The molecule has 1 radical (unpaired) electrons. The molecule has 0 amide bonds. The summed E-state index contributed by atoms with van der Waals surface area (Å²) in [5.74, 6) is 0.257. The van der Waals surface area contributed by atoms with E-state index in [0.29, 0.717) is 0 Å². The highest BCUT2D eigenvalue weighted by molar-refractivity contribution is 7.94. The van der Waals surface area contributed by atoms with Crippen LogP contribution in [-0.2, 0) is 27.5 Å². The third-order valence-electron chi connectivity index (χ3n) is 1.08. The van der Waals surface area contributed by atoms with Gasteiger partial charge < -0.3 is 9.11 Å². The highest BCUT2D eigenvalue weighted by Crippen LogP contribution is 2.01. The zero-order chi connectivity index (χ0) is 8.15. The summed E-state index contributed by atoms with van der Waals surface area (Å²) < 4.78 is 21.2. The Bertz CT molecular complexity index is 87.0. The summed E-state index contributed by atoms with van der Waals surface area (Å²) in [4.78, 5) is 0. The maximum Gasteiger partial charge on any atom is 0.185 e. The molecule has 61 valence electrons. The smallest absolute Gasteiger partial charge is 0.185 e. The average Bonchev–Trinajstić information content (AvgIpc) is 1.81. The molecule has 0 heterocycles. The standard InChI is InChI=1S/C5H11O3S2/c1-9(7)4-5(3-6)10(2)8/h5H,3-4H2,1-2H3. The second-order valence-electron chi connectivity index (χ2n) is 2.03. The molecule has 0 N–H and O–H groups in total. The minimum Gasteiger partial charge on any atom is -0.616 e. The van der Waals surface area contributed by atoms with Crippen LogP contribution in [0.4, 0.5) is 0 Å². The van der Waals surface area contributed by atoms with Crippen molar-refractivity contribution in [2.75, 3.05) is 24.9 Å². The van der Waals surface area contributed by atoms with Gasteiger partial charge in [0.15, 0.2) is 11.0 Å². The van der Waals surface area contributed by atoms with E-state index in [1.54, 1.807) is 0 Å². The molecule has 3 unspecified atom stereocenters. The molecule has 0 saturated heterocycles. The van der Waals surface area contributed by atoms with E-state index < -0.39 is 34.2 Å². The van der Waals surface area contributed by atoms with Gasteiger partial charge >= 0.3 is 0 Å². The van der Waals surface area contributed by atoms with Crippen molar-refractivity contribution in [2.45, 2.75) is 5.25 Å². The Morgan fingerprint density at radius 1 is 1.40 bits per heavy atom. The lowest BCUT2D eigenvalue weighted by molar-refractivity contribution is 0.196. The third kappa shape index (κ3) is 4.40. The molecule has 0 saturated carbocycles. The van der Waals surface area contributed by atoms with E-state index in [9.17, 15) is 14.2 Å². The predicted molar refractivity (Wildman–Crippen MR) is 42.3 cm³/mol. The number of hydrogen-bond donors (Lipinski definition) is 0. The van der Waals surface area contributed by atoms with E-state index in [4.69, 9.17) is 0 Å². The van der Waals surface area contributed by atoms with Crippen LogP contribution >= 0.6 is 0 Å². The second-order valence-corrected chi connectivity index (χ2v) is 5.17. The molecular weight excluding hydrogens is 172 g/mol. The zero-order valence-electron chi connectivity index (χ0n) is 6.03. The van der Waals surface area contributed by atoms with Crippen molar-refractivity contribution in [2.24, 2.45) is 0 Å². The van der Waals surface area contributed by atoms with Gasteiger partial charge in [-0.1, -0.05) is 11.2 Å². The molecule has 0 fully saturated rings. The highest BCUT2D eigenvalue weighted by atomic mass is 32.2. The predicted octanol–water partition coefficient (Wildman–Crippen LogP) is -0.457. The first-order valence-corrected chi connectivity index (χ1v) is 6.13. The summed E-state index contributed by atoms with van der Waals surface area (Å²) in [7, 11) is 0. The molecule has 0 aromatic heterocycles. The van der Waals surface area contributed by atoms with Gasteiger partial charge in [-0.25, -0.2) is 5.11 Å². The van der Waals surface area contributed by atoms with Crippen molar-refractivity contribution in [1.29, 1.82) is 0 Å². The molecule has 0 aromatic rings. The Morgan fingerprint density at radius 3 is 2.00 bits per heavy atom. The van der Waals surface area contributed by atoms with E-state index in [1.165, 1.54) is 12.5 Å². The van der Waals surface area contributed by atoms with Crippen LogP contribution in [-0.4, -0.2) is 39.2 Å². The molecule has 5 heteroatoms. The van der Waals surface area contributed by atoms with Crippen LogP contribution in [0.25, 0.3) is 0 Å². The third-order valence-corrected chi connectivity index (χ3v) is 3.40. The maximum atomic E-state index is 10.7. The molecule has 3 atom stereocenters. The van der Waals surface area contributed by atoms with Gasteiger partial charge in [0.1, 0.15) is 6.61 Å². The van der Waals surface area contributed by atoms with Crippen LogP contribution in [0.1, 0.15) is 0 Å².